The molecule has 0 atom stereocenters. The van der Waals surface area contributed by atoms with E-state index >= 15 is 0 Å². The van der Waals surface area contributed by atoms with Gasteiger partial charge in [-0.3, -0.25) is 0 Å². The molecule has 1 N–H and O–H groups in total. The summed E-state index contributed by atoms with van der Waals surface area (Å²) in [6.45, 7) is 1.27. The van der Waals surface area contributed by atoms with Crippen molar-refractivity contribution < 1.29 is 4.39 Å². The molecule has 5 heteroatoms. The Balaban J connectivity index is 1.93. The first-order chi connectivity index (χ1) is 8.29. The molecule has 86 valence electrons. The van der Waals surface area contributed by atoms with Gasteiger partial charge in [0.1, 0.15) is 16.9 Å². The van der Waals surface area contributed by atoms with E-state index in [1.165, 1.54) is 6.07 Å². The molecular formula is C12H10FN3S. The molecule has 0 aliphatic carbocycles. The number of nitrogens with one attached hydrogen (secondary N) is 1. The van der Waals surface area contributed by atoms with Gasteiger partial charge in [-0.1, -0.05) is 6.07 Å². The molecule has 3 nitrogen and oxygen atoms in total. The van der Waals surface area contributed by atoms with Gasteiger partial charge in [0.15, 0.2) is 0 Å². The smallest absolute Gasteiger partial charge is 0.140 e. The highest BCUT2D eigenvalue weighted by Gasteiger charge is 2.02. The van der Waals surface area contributed by atoms with Crippen molar-refractivity contribution in [2.24, 2.45) is 0 Å². The highest BCUT2D eigenvalue weighted by atomic mass is 32.1. The Morgan fingerprint density at radius 1 is 1.41 bits per heavy atom. The van der Waals surface area contributed by atoms with Gasteiger partial charge in [0, 0.05) is 24.7 Å². The van der Waals surface area contributed by atoms with Crippen molar-refractivity contribution in [3.63, 3.8) is 0 Å². The van der Waals surface area contributed by atoms with Crippen LogP contribution in [0.5, 0.6) is 0 Å². The highest BCUT2D eigenvalue weighted by Crippen LogP contribution is 2.10. The summed E-state index contributed by atoms with van der Waals surface area (Å²) in [6, 6.07) is 6.38. The monoisotopic (exact) mass is 247 g/mol. The minimum Gasteiger partial charge on any atom is -0.306 e. The third kappa shape index (κ3) is 3.09. The van der Waals surface area contributed by atoms with Crippen LogP contribution in [0.15, 0.2) is 29.8 Å². The van der Waals surface area contributed by atoms with Crippen LogP contribution in [0.1, 0.15) is 16.1 Å². The maximum absolute atomic E-state index is 13.1. The number of benzene rings is 1. The minimum absolute atomic E-state index is 0.0820. The average Bonchev–Trinajstić information content (AvgIpc) is 2.84. The van der Waals surface area contributed by atoms with Gasteiger partial charge in [-0.05, 0) is 17.7 Å². The number of hydrogen-bond acceptors (Lipinski definition) is 4. The molecule has 0 aliphatic heterocycles. The molecule has 0 aliphatic rings. The molecule has 0 unspecified atom stereocenters. The molecular weight excluding hydrogens is 237 g/mol. The fourth-order valence-electron chi connectivity index (χ4n) is 1.42. The second-order valence-electron chi connectivity index (χ2n) is 3.46. The second kappa shape index (κ2) is 5.53. The van der Waals surface area contributed by atoms with Gasteiger partial charge in [-0.2, -0.15) is 5.26 Å². The van der Waals surface area contributed by atoms with E-state index in [0.29, 0.717) is 13.1 Å². The molecule has 17 heavy (non-hydrogen) atoms. The number of nitrogens with zero attached hydrogens (tertiary/aromatic N) is 2. The Labute approximate surface area is 103 Å². The first-order valence-corrected chi connectivity index (χ1v) is 5.95. The summed E-state index contributed by atoms with van der Waals surface area (Å²) in [5.74, 6) is -0.476. The zero-order valence-corrected chi connectivity index (χ0v) is 9.80. The van der Waals surface area contributed by atoms with Crippen molar-refractivity contribution in [2.45, 2.75) is 13.1 Å². The summed E-state index contributed by atoms with van der Waals surface area (Å²) >= 11 is 1.58. The summed E-state index contributed by atoms with van der Waals surface area (Å²) in [4.78, 5) is 4.14. The molecule has 2 rings (SSSR count). The van der Waals surface area contributed by atoms with Gasteiger partial charge in [0.2, 0.25) is 0 Å². The van der Waals surface area contributed by atoms with Crippen LogP contribution in [-0.2, 0) is 13.1 Å². The quantitative estimate of drug-likeness (QED) is 0.902. The average molecular weight is 247 g/mol. The van der Waals surface area contributed by atoms with Crippen molar-refractivity contribution in [1.29, 1.82) is 5.26 Å². The zero-order valence-electron chi connectivity index (χ0n) is 8.98. The summed E-state index contributed by atoms with van der Waals surface area (Å²) in [5.41, 5.74) is 0.970. The highest BCUT2D eigenvalue weighted by molar-refractivity contribution is 7.09. The molecule has 0 fully saturated rings. The summed E-state index contributed by atoms with van der Waals surface area (Å²) in [5, 5.41) is 14.8. The molecule has 0 saturated heterocycles. The van der Waals surface area contributed by atoms with E-state index < -0.39 is 5.82 Å². The lowest BCUT2D eigenvalue weighted by Crippen LogP contribution is -2.12. The van der Waals surface area contributed by atoms with E-state index in [-0.39, 0.29) is 5.56 Å². The zero-order chi connectivity index (χ0) is 12.1. The topological polar surface area (TPSA) is 48.7 Å². The van der Waals surface area contributed by atoms with E-state index in [0.717, 1.165) is 10.6 Å². The molecule has 0 saturated carbocycles. The van der Waals surface area contributed by atoms with Gasteiger partial charge in [0.05, 0.1) is 5.56 Å². The number of halogens is 1. The van der Waals surface area contributed by atoms with E-state index in [1.54, 1.807) is 29.7 Å². The Hall–Kier alpha value is -1.77. The van der Waals surface area contributed by atoms with E-state index in [9.17, 15) is 4.39 Å². The van der Waals surface area contributed by atoms with Crippen molar-refractivity contribution in [2.75, 3.05) is 0 Å². The number of rotatable bonds is 4. The second-order valence-corrected chi connectivity index (χ2v) is 4.43. The van der Waals surface area contributed by atoms with Crippen LogP contribution in [0, 0.1) is 17.1 Å². The summed E-state index contributed by atoms with van der Waals surface area (Å²) in [6.07, 6.45) is 1.76. The number of hydrogen-bond donors (Lipinski definition) is 1. The standard InChI is InChI=1S/C12H10FN3S/c13-11-2-1-9(5-10(11)6-14)7-15-8-12-16-3-4-17-12/h1-5,15H,7-8H2. The fraction of sp³-hybridized carbons (Fsp3) is 0.167. The maximum atomic E-state index is 13.1. The molecule has 1 aromatic carbocycles. The Kier molecular flexibility index (Phi) is 3.81. The third-order valence-corrected chi connectivity index (χ3v) is 3.02. The Morgan fingerprint density at radius 2 is 2.29 bits per heavy atom. The van der Waals surface area contributed by atoms with Crippen LogP contribution in [0.3, 0.4) is 0 Å². The third-order valence-electron chi connectivity index (χ3n) is 2.24. The molecule has 0 radical (unpaired) electrons. The van der Waals surface area contributed by atoms with E-state index in [2.05, 4.69) is 10.3 Å². The van der Waals surface area contributed by atoms with Crippen LogP contribution < -0.4 is 5.32 Å². The summed E-state index contributed by atoms with van der Waals surface area (Å²) < 4.78 is 13.1. The van der Waals surface area contributed by atoms with Gasteiger partial charge >= 0.3 is 0 Å². The van der Waals surface area contributed by atoms with Crippen LogP contribution in [-0.4, -0.2) is 4.98 Å². The lowest BCUT2D eigenvalue weighted by molar-refractivity contribution is 0.621. The first kappa shape index (κ1) is 11.7. The van der Waals surface area contributed by atoms with Crippen LogP contribution >= 0.6 is 11.3 Å². The number of aromatic nitrogens is 1. The molecule has 1 aromatic heterocycles. The maximum Gasteiger partial charge on any atom is 0.140 e. The molecule has 0 amide bonds. The Morgan fingerprint density at radius 3 is 3.00 bits per heavy atom. The van der Waals surface area contributed by atoms with E-state index in [1.807, 2.05) is 11.4 Å². The largest absolute Gasteiger partial charge is 0.306 e. The summed E-state index contributed by atoms with van der Waals surface area (Å²) in [7, 11) is 0. The van der Waals surface area contributed by atoms with Gasteiger partial charge in [-0.25, -0.2) is 9.37 Å². The Bertz CT molecular complexity index is 531. The van der Waals surface area contributed by atoms with Crippen molar-refractivity contribution in [1.82, 2.24) is 10.3 Å². The van der Waals surface area contributed by atoms with E-state index in [4.69, 9.17) is 5.26 Å². The van der Waals surface area contributed by atoms with Gasteiger partial charge < -0.3 is 5.32 Å². The van der Waals surface area contributed by atoms with Gasteiger partial charge in [0.25, 0.3) is 0 Å². The van der Waals surface area contributed by atoms with Gasteiger partial charge in [-0.15, -0.1) is 11.3 Å². The minimum atomic E-state index is -0.476. The van der Waals surface area contributed by atoms with Crippen molar-refractivity contribution >= 4 is 11.3 Å². The lowest BCUT2D eigenvalue weighted by Gasteiger charge is -2.03. The predicted molar refractivity (Wildman–Crippen MR) is 63.8 cm³/mol. The van der Waals surface area contributed by atoms with Crippen LogP contribution in [0.2, 0.25) is 0 Å². The normalized spacial score (nSPS) is 10.1. The molecule has 0 bridgehead atoms. The SMILES string of the molecule is N#Cc1cc(CNCc2nccs2)ccc1F. The lowest BCUT2D eigenvalue weighted by atomic mass is 10.1. The number of nitriles is 1. The van der Waals surface area contributed by atoms with Crippen LogP contribution in [0.4, 0.5) is 4.39 Å². The van der Waals surface area contributed by atoms with Crippen LogP contribution in [0.25, 0.3) is 0 Å². The fourth-order valence-corrected chi connectivity index (χ4v) is 2.01. The molecule has 1 heterocycles. The predicted octanol–water partition coefficient (Wildman–Crippen LogP) is 2.44. The molecule has 0 spiro atoms. The number of thiazole rings is 1. The molecule has 2 aromatic rings. The van der Waals surface area contributed by atoms with Crippen molar-refractivity contribution in [3.05, 3.63) is 51.7 Å². The first-order valence-electron chi connectivity index (χ1n) is 5.07. The van der Waals surface area contributed by atoms with Crippen molar-refractivity contribution in [3.8, 4) is 6.07 Å².